The minimum Gasteiger partial charge on any atom is -0.356 e. The van der Waals surface area contributed by atoms with Crippen LogP contribution in [0.5, 0.6) is 0 Å². The molecule has 1 saturated heterocycles. The molecule has 5 heteroatoms. The van der Waals surface area contributed by atoms with Gasteiger partial charge in [-0.05, 0) is 26.8 Å². The van der Waals surface area contributed by atoms with Gasteiger partial charge in [0.1, 0.15) is 11.6 Å². The highest BCUT2D eigenvalue weighted by Gasteiger charge is 2.28. The number of hydrogen-bond acceptors (Lipinski definition) is 4. The van der Waals surface area contributed by atoms with Crippen LogP contribution in [0.1, 0.15) is 32.5 Å². The molecule has 1 aliphatic heterocycles. The highest BCUT2D eigenvalue weighted by atomic mass is 16.1. The van der Waals surface area contributed by atoms with E-state index < -0.39 is 0 Å². The number of rotatable bonds is 3. The van der Waals surface area contributed by atoms with E-state index in [0.29, 0.717) is 0 Å². The molecule has 0 spiro atoms. The van der Waals surface area contributed by atoms with E-state index in [9.17, 15) is 4.79 Å². The number of aryl methyl sites for hydroxylation is 1. The van der Waals surface area contributed by atoms with Gasteiger partial charge in [-0.25, -0.2) is 4.98 Å². The van der Waals surface area contributed by atoms with E-state index in [2.05, 4.69) is 27.1 Å². The maximum atomic E-state index is 11.6. The topological polar surface area (TPSA) is 61.0 Å². The van der Waals surface area contributed by atoms with E-state index in [-0.39, 0.29) is 11.1 Å². The van der Waals surface area contributed by atoms with Crippen molar-refractivity contribution in [2.24, 2.45) is 0 Å². The number of piperidine rings is 1. The molecule has 0 radical (unpaired) electrons. The summed E-state index contributed by atoms with van der Waals surface area (Å²) >= 11 is 0. The van der Waals surface area contributed by atoms with Crippen molar-refractivity contribution in [2.45, 2.75) is 38.6 Å². The van der Waals surface area contributed by atoms with Crippen molar-refractivity contribution < 1.29 is 0 Å². The Labute approximate surface area is 108 Å². The predicted octanol–water partition coefficient (Wildman–Crippen LogP) is 0.911. The van der Waals surface area contributed by atoms with Crippen molar-refractivity contribution in [2.75, 3.05) is 25.0 Å². The van der Waals surface area contributed by atoms with Gasteiger partial charge in [-0.15, -0.1) is 0 Å². The van der Waals surface area contributed by atoms with Gasteiger partial charge in [-0.3, -0.25) is 4.79 Å². The summed E-state index contributed by atoms with van der Waals surface area (Å²) in [7, 11) is 2.01. The predicted molar refractivity (Wildman–Crippen MR) is 73.1 cm³/mol. The molecule has 1 fully saturated rings. The van der Waals surface area contributed by atoms with E-state index >= 15 is 0 Å². The lowest BCUT2D eigenvalue weighted by Crippen LogP contribution is -2.50. The summed E-state index contributed by atoms with van der Waals surface area (Å²) in [5.74, 6) is 1.58. The van der Waals surface area contributed by atoms with Crippen LogP contribution in [0.4, 0.5) is 5.82 Å². The Kier molecular flexibility index (Phi) is 3.71. The Balaban J connectivity index is 2.14. The molecule has 0 saturated carbocycles. The van der Waals surface area contributed by atoms with Gasteiger partial charge < -0.3 is 15.2 Å². The van der Waals surface area contributed by atoms with Crippen molar-refractivity contribution in [3.8, 4) is 0 Å². The Morgan fingerprint density at radius 3 is 2.72 bits per heavy atom. The fraction of sp³-hybridized carbons (Fsp3) is 0.692. The number of aromatic amines is 1. The third kappa shape index (κ3) is 2.72. The minimum atomic E-state index is -0.0567. The lowest BCUT2D eigenvalue weighted by atomic mass is 9.90. The zero-order valence-electron chi connectivity index (χ0n) is 11.4. The van der Waals surface area contributed by atoms with Crippen LogP contribution in [-0.4, -0.2) is 35.6 Å². The van der Waals surface area contributed by atoms with Gasteiger partial charge in [0.25, 0.3) is 5.56 Å². The molecule has 1 aromatic heterocycles. The molecular formula is C13H22N4O. The molecule has 0 unspecified atom stereocenters. The maximum Gasteiger partial charge on any atom is 0.252 e. The number of anilines is 1. The van der Waals surface area contributed by atoms with Crippen LogP contribution in [0.2, 0.25) is 0 Å². The average Bonchev–Trinajstić information content (AvgIpc) is 2.39. The van der Waals surface area contributed by atoms with Gasteiger partial charge in [0.15, 0.2) is 0 Å². The third-order valence-electron chi connectivity index (χ3n) is 3.91. The van der Waals surface area contributed by atoms with E-state index in [1.165, 1.54) is 0 Å². The zero-order chi connectivity index (χ0) is 13.2. The lowest BCUT2D eigenvalue weighted by Gasteiger charge is -2.39. The lowest BCUT2D eigenvalue weighted by molar-refractivity contribution is 0.304. The number of aromatic nitrogens is 2. The zero-order valence-corrected chi connectivity index (χ0v) is 11.4. The molecule has 100 valence electrons. The molecule has 2 N–H and O–H groups in total. The van der Waals surface area contributed by atoms with Gasteiger partial charge in [-0.1, -0.05) is 6.92 Å². The monoisotopic (exact) mass is 250 g/mol. The normalized spacial score (nSPS) is 18.9. The summed E-state index contributed by atoms with van der Waals surface area (Å²) in [5, 5.41) is 3.37. The highest BCUT2D eigenvalue weighted by Crippen LogP contribution is 2.23. The van der Waals surface area contributed by atoms with Crippen LogP contribution >= 0.6 is 0 Å². The van der Waals surface area contributed by atoms with Gasteiger partial charge in [-0.2, -0.15) is 0 Å². The van der Waals surface area contributed by atoms with Crippen LogP contribution in [-0.2, 0) is 6.42 Å². The molecule has 0 bridgehead atoms. The summed E-state index contributed by atoms with van der Waals surface area (Å²) in [4.78, 5) is 21.0. The van der Waals surface area contributed by atoms with Crippen LogP contribution in [0, 0.1) is 0 Å². The summed E-state index contributed by atoms with van der Waals surface area (Å²) in [6.45, 7) is 6.12. The van der Waals surface area contributed by atoms with E-state index in [1.807, 2.05) is 14.0 Å². The molecule has 0 aliphatic carbocycles. The first-order valence-corrected chi connectivity index (χ1v) is 6.60. The minimum absolute atomic E-state index is 0.0567. The van der Waals surface area contributed by atoms with Crippen LogP contribution in [0.3, 0.4) is 0 Å². The smallest absolute Gasteiger partial charge is 0.252 e. The first-order chi connectivity index (χ1) is 8.56. The van der Waals surface area contributed by atoms with E-state index in [0.717, 1.165) is 44.0 Å². The Hall–Kier alpha value is -1.36. The van der Waals surface area contributed by atoms with Gasteiger partial charge >= 0.3 is 0 Å². The summed E-state index contributed by atoms with van der Waals surface area (Å²) < 4.78 is 0. The second-order valence-electron chi connectivity index (χ2n) is 5.20. The van der Waals surface area contributed by atoms with Crippen molar-refractivity contribution >= 4 is 5.82 Å². The van der Waals surface area contributed by atoms with Crippen molar-refractivity contribution in [1.82, 2.24) is 15.3 Å². The first kappa shape index (κ1) is 13.1. The quantitative estimate of drug-likeness (QED) is 0.837. The second kappa shape index (κ2) is 5.10. The molecule has 0 aromatic carbocycles. The summed E-state index contributed by atoms with van der Waals surface area (Å²) in [6.07, 6.45) is 2.89. The van der Waals surface area contributed by atoms with Crippen LogP contribution in [0.25, 0.3) is 0 Å². The fourth-order valence-corrected chi connectivity index (χ4v) is 2.30. The first-order valence-electron chi connectivity index (χ1n) is 6.60. The Morgan fingerprint density at radius 2 is 2.17 bits per heavy atom. The SMILES string of the molecule is CCc1nc(N2CCC(C)(NC)CC2)cc(=O)[nH]1. The molecule has 2 rings (SSSR count). The standard InChI is InChI=1S/C13H22N4O/c1-4-10-15-11(9-12(18)16-10)17-7-5-13(2,14-3)6-8-17/h9,14H,4-8H2,1-3H3,(H,15,16,18). The highest BCUT2D eigenvalue weighted by molar-refractivity contribution is 5.38. The van der Waals surface area contributed by atoms with Crippen LogP contribution < -0.4 is 15.8 Å². The Bertz CT molecular complexity index is 460. The third-order valence-corrected chi connectivity index (χ3v) is 3.91. The second-order valence-corrected chi connectivity index (χ2v) is 5.20. The molecular weight excluding hydrogens is 228 g/mol. The molecule has 5 nitrogen and oxygen atoms in total. The largest absolute Gasteiger partial charge is 0.356 e. The molecule has 18 heavy (non-hydrogen) atoms. The van der Waals surface area contributed by atoms with E-state index in [4.69, 9.17) is 0 Å². The molecule has 0 atom stereocenters. The number of nitrogens with zero attached hydrogens (tertiary/aromatic N) is 2. The maximum absolute atomic E-state index is 11.6. The Morgan fingerprint density at radius 1 is 1.50 bits per heavy atom. The van der Waals surface area contributed by atoms with Crippen molar-refractivity contribution in [3.63, 3.8) is 0 Å². The average molecular weight is 250 g/mol. The number of nitrogens with one attached hydrogen (secondary N) is 2. The number of hydrogen-bond donors (Lipinski definition) is 2. The van der Waals surface area contributed by atoms with E-state index in [1.54, 1.807) is 6.07 Å². The molecule has 1 aliphatic rings. The van der Waals surface area contributed by atoms with Gasteiger partial charge in [0.2, 0.25) is 0 Å². The summed E-state index contributed by atoms with van der Waals surface area (Å²) in [5.41, 5.74) is 0.157. The number of H-pyrrole nitrogens is 1. The van der Waals surface area contributed by atoms with Crippen molar-refractivity contribution in [3.05, 3.63) is 22.2 Å². The molecule has 1 aromatic rings. The van der Waals surface area contributed by atoms with Gasteiger partial charge in [0.05, 0.1) is 0 Å². The van der Waals surface area contributed by atoms with Gasteiger partial charge in [0, 0.05) is 31.1 Å². The molecule has 2 heterocycles. The summed E-state index contributed by atoms with van der Waals surface area (Å²) in [6, 6.07) is 1.60. The van der Waals surface area contributed by atoms with Crippen molar-refractivity contribution in [1.29, 1.82) is 0 Å². The van der Waals surface area contributed by atoms with Crippen LogP contribution in [0.15, 0.2) is 10.9 Å². The molecule has 0 amide bonds. The fourth-order valence-electron chi connectivity index (χ4n) is 2.30.